The van der Waals surface area contributed by atoms with E-state index in [0.717, 1.165) is 18.4 Å². The molecule has 3 aromatic heterocycles. The van der Waals surface area contributed by atoms with Crippen LogP contribution < -0.4 is 16.6 Å². The Balaban J connectivity index is 1.42. The lowest BCUT2D eigenvalue weighted by atomic mass is 10.2. The molecule has 4 aromatic rings. The van der Waals surface area contributed by atoms with Gasteiger partial charge in [0.25, 0.3) is 11.5 Å². The zero-order chi connectivity index (χ0) is 20.7. The van der Waals surface area contributed by atoms with Crippen LogP contribution in [-0.2, 0) is 0 Å². The Morgan fingerprint density at radius 3 is 2.47 bits per heavy atom. The van der Waals surface area contributed by atoms with Crippen LogP contribution in [0.4, 0.5) is 5.69 Å². The van der Waals surface area contributed by atoms with Gasteiger partial charge < -0.3 is 5.32 Å². The number of pyridine rings is 1. The molecule has 148 valence electrons. The Kier molecular flexibility index (Phi) is 4.20. The molecular weight excluding hydrogens is 384 g/mol. The maximum Gasteiger partial charge on any atom is 0.330 e. The van der Waals surface area contributed by atoms with Crippen molar-refractivity contribution in [2.24, 2.45) is 0 Å². The monoisotopic (exact) mass is 400 g/mol. The maximum absolute atomic E-state index is 12.6. The number of aromatic amines is 1. The molecule has 0 bridgehead atoms. The number of nitrogens with zero attached hydrogens (tertiary/aromatic N) is 4. The van der Waals surface area contributed by atoms with E-state index < -0.39 is 17.2 Å². The second-order valence-corrected chi connectivity index (χ2v) is 7.07. The Morgan fingerprint density at radius 2 is 1.77 bits per heavy atom. The number of rotatable bonds is 4. The number of fused-ring (bicyclic) bond motifs is 1. The van der Waals surface area contributed by atoms with Gasteiger partial charge in [-0.15, -0.1) is 0 Å². The van der Waals surface area contributed by atoms with Crippen LogP contribution in [0.2, 0.25) is 0 Å². The first-order chi connectivity index (χ1) is 14.6. The minimum atomic E-state index is -0.565. The van der Waals surface area contributed by atoms with Crippen molar-refractivity contribution >= 4 is 22.6 Å². The van der Waals surface area contributed by atoms with E-state index in [-0.39, 0.29) is 17.0 Å². The van der Waals surface area contributed by atoms with Gasteiger partial charge in [-0.25, -0.2) is 19.7 Å². The van der Waals surface area contributed by atoms with E-state index in [9.17, 15) is 14.4 Å². The third-order valence-corrected chi connectivity index (χ3v) is 4.89. The summed E-state index contributed by atoms with van der Waals surface area (Å²) in [6.45, 7) is 0. The number of amides is 1. The molecule has 0 atom stereocenters. The van der Waals surface area contributed by atoms with Crippen LogP contribution in [0, 0.1) is 0 Å². The molecule has 1 fully saturated rings. The van der Waals surface area contributed by atoms with Crippen molar-refractivity contribution in [2.45, 2.75) is 18.9 Å². The van der Waals surface area contributed by atoms with Crippen LogP contribution in [0.15, 0.2) is 64.6 Å². The number of carbonyl (C=O) groups is 1. The van der Waals surface area contributed by atoms with Crippen LogP contribution in [0.5, 0.6) is 0 Å². The van der Waals surface area contributed by atoms with Gasteiger partial charge in [0.2, 0.25) is 0 Å². The first-order valence-electron chi connectivity index (χ1n) is 9.43. The molecule has 9 nitrogen and oxygen atoms in total. The van der Waals surface area contributed by atoms with Crippen LogP contribution >= 0.6 is 0 Å². The van der Waals surface area contributed by atoms with E-state index in [4.69, 9.17) is 0 Å². The molecule has 1 amide bonds. The summed E-state index contributed by atoms with van der Waals surface area (Å²) in [6, 6.07) is 11.0. The SMILES string of the molecule is O=C(Nc1cnc(-c2ccccc2)nc1)c1cnc2c(c1)c(=O)[nH]c(=O)n2C1CC1. The molecule has 1 aliphatic carbocycles. The predicted molar refractivity (Wildman–Crippen MR) is 110 cm³/mol. The standard InChI is InChI=1S/C21H16N6O3/c28-19(25-14-10-22-17(23-11-14)12-4-2-1-3-5-12)13-8-16-18(24-9-13)27(15-6-7-15)21(30)26-20(16)29/h1-5,8-11,15H,6-7H2,(H,25,28)(H,26,29,30). The van der Waals surface area contributed by atoms with Crippen LogP contribution in [0.3, 0.4) is 0 Å². The second-order valence-electron chi connectivity index (χ2n) is 7.07. The van der Waals surface area contributed by atoms with Gasteiger partial charge in [0.05, 0.1) is 29.0 Å². The number of benzene rings is 1. The minimum Gasteiger partial charge on any atom is -0.319 e. The van der Waals surface area contributed by atoms with E-state index in [1.54, 1.807) is 0 Å². The topological polar surface area (TPSA) is 123 Å². The Bertz CT molecular complexity index is 1370. The smallest absolute Gasteiger partial charge is 0.319 e. The van der Waals surface area contributed by atoms with Gasteiger partial charge in [-0.2, -0.15) is 0 Å². The van der Waals surface area contributed by atoms with E-state index in [2.05, 4.69) is 25.3 Å². The third-order valence-electron chi connectivity index (χ3n) is 4.89. The van der Waals surface area contributed by atoms with Gasteiger partial charge in [0.1, 0.15) is 5.65 Å². The Morgan fingerprint density at radius 1 is 1.03 bits per heavy atom. The lowest BCUT2D eigenvalue weighted by molar-refractivity contribution is 0.102. The molecule has 0 aliphatic heterocycles. The molecule has 1 aromatic carbocycles. The summed E-state index contributed by atoms with van der Waals surface area (Å²) in [5.74, 6) is 0.0922. The third kappa shape index (κ3) is 3.26. The Labute approximate surface area is 169 Å². The highest BCUT2D eigenvalue weighted by molar-refractivity contribution is 6.05. The number of aromatic nitrogens is 5. The van der Waals surface area contributed by atoms with Gasteiger partial charge in [-0.05, 0) is 18.9 Å². The maximum atomic E-state index is 12.6. The summed E-state index contributed by atoms with van der Waals surface area (Å²) >= 11 is 0. The van der Waals surface area contributed by atoms with Crippen LogP contribution in [0.25, 0.3) is 22.4 Å². The van der Waals surface area contributed by atoms with Crippen molar-refractivity contribution in [1.29, 1.82) is 0 Å². The van der Waals surface area contributed by atoms with Crippen molar-refractivity contribution < 1.29 is 4.79 Å². The fraction of sp³-hybridized carbons (Fsp3) is 0.143. The highest BCUT2D eigenvalue weighted by Crippen LogP contribution is 2.34. The molecule has 5 rings (SSSR count). The van der Waals surface area contributed by atoms with Crippen molar-refractivity contribution in [3.8, 4) is 11.4 Å². The fourth-order valence-corrected chi connectivity index (χ4v) is 3.27. The molecule has 9 heteroatoms. The summed E-state index contributed by atoms with van der Waals surface area (Å²) in [5.41, 5.74) is 0.728. The van der Waals surface area contributed by atoms with Gasteiger partial charge in [-0.3, -0.25) is 19.1 Å². The quantitative estimate of drug-likeness (QED) is 0.541. The van der Waals surface area contributed by atoms with E-state index in [0.29, 0.717) is 17.2 Å². The zero-order valence-corrected chi connectivity index (χ0v) is 15.7. The van der Waals surface area contributed by atoms with Crippen molar-refractivity contribution in [3.05, 3.63) is 81.4 Å². The molecule has 2 N–H and O–H groups in total. The molecule has 1 saturated carbocycles. The molecule has 0 spiro atoms. The van der Waals surface area contributed by atoms with E-state index in [1.807, 2.05) is 30.3 Å². The van der Waals surface area contributed by atoms with Gasteiger partial charge in [-0.1, -0.05) is 30.3 Å². The largest absolute Gasteiger partial charge is 0.330 e. The first kappa shape index (κ1) is 17.9. The minimum absolute atomic E-state index is 0.0457. The highest BCUT2D eigenvalue weighted by Gasteiger charge is 2.27. The van der Waals surface area contributed by atoms with Crippen molar-refractivity contribution in [3.63, 3.8) is 0 Å². The molecule has 1 aliphatic rings. The van der Waals surface area contributed by atoms with E-state index in [1.165, 1.54) is 29.2 Å². The summed E-state index contributed by atoms with van der Waals surface area (Å²) < 4.78 is 1.48. The molecule has 0 saturated heterocycles. The number of carbonyl (C=O) groups excluding carboxylic acids is 1. The molecule has 3 heterocycles. The average Bonchev–Trinajstić information content (AvgIpc) is 3.60. The van der Waals surface area contributed by atoms with Gasteiger partial charge >= 0.3 is 5.69 Å². The summed E-state index contributed by atoms with van der Waals surface area (Å²) in [4.78, 5) is 52.1. The van der Waals surface area contributed by atoms with Gasteiger partial charge in [0.15, 0.2) is 5.82 Å². The van der Waals surface area contributed by atoms with Crippen molar-refractivity contribution in [2.75, 3.05) is 5.32 Å². The predicted octanol–water partition coefficient (Wildman–Crippen LogP) is 2.13. The second kappa shape index (κ2) is 7.03. The number of hydrogen-bond acceptors (Lipinski definition) is 6. The molecule has 0 unspecified atom stereocenters. The van der Waals surface area contributed by atoms with Crippen molar-refractivity contribution in [1.82, 2.24) is 24.5 Å². The number of anilines is 1. The summed E-state index contributed by atoms with van der Waals surface area (Å²) in [5, 5.41) is 2.90. The average molecular weight is 400 g/mol. The number of H-pyrrole nitrogens is 1. The summed E-state index contributed by atoms with van der Waals surface area (Å²) in [6.07, 6.45) is 6.11. The van der Waals surface area contributed by atoms with Crippen LogP contribution in [0.1, 0.15) is 29.2 Å². The lowest BCUT2D eigenvalue weighted by Gasteiger charge is -2.09. The lowest BCUT2D eigenvalue weighted by Crippen LogP contribution is -2.30. The van der Waals surface area contributed by atoms with Crippen LogP contribution in [-0.4, -0.2) is 30.4 Å². The van der Waals surface area contributed by atoms with E-state index >= 15 is 0 Å². The highest BCUT2D eigenvalue weighted by atomic mass is 16.2. The zero-order valence-electron chi connectivity index (χ0n) is 15.7. The van der Waals surface area contributed by atoms with Gasteiger partial charge in [0, 0.05) is 17.8 Å². The first-order valence-corrected chi connectivity index (χ1v) is 9.43. The molecule has 0 radical (unpaired) electrons. The molecular formula is C21H16N6O3. The number of nitrogens with one attached hydrogen (secondary N) is 2. The molecule has 30 heavy (non-hydrogen) atoms. The Hall–Kier alpha value is -4.14. The number of hydrogen-bond donors (Lipinski definition) is 2. The fourth-order valence-electron chi connectivity index (χ4n) is 3.27. The normalized spacial score (nSPS) is 13.3. The summed E-state index contributed by atoms with van der Waals surface area (Å²) in [7, 11) is 0.